The molecule has 29 heteroatoms. The molecule has 0 aromatic rings. The number of aliphatic hydroxyl groups is 14. The van der Waals surface area contributed by atoms with Gasteiger partial charge in [-0.15, -0.1) is 0 Å². The van der Waals surface area contributed by atoms with Crippen molar-refractivity contribution >= 4 is 17.9 Å². The predicted molar refractivity (Wildman–Crippen MR) is 306 cm³/mol. The van der Waals surface area contributed by atoms with Crippen molar-refractivity contribution in [3.8, 4) is 0 Å². The van der Waals surface area contributed by atoms with Crippen LogP contribution in [0.15, 0.2) is 11.6 Å². The molecule has 12 fully saturated rings. The number of ether oxygens (including phenoxy) is 12. The molecular formula is C63H98O29. The molecule has 17 rings (SSSR count). The third-order valence-corrected chi connectivity index (χ3v) is 24.0. The molecule has 1 spiro atoms. The number of carbonyl (C=O) groups excluding carboxylic acids is 3. The summed E-state index contributed by atoms with van der Waals surface area (Å²) >= 11 is 0. The predicted octanol–water partition coefficient (Wildman–Crippen LogP) is -2.68. The highest BCUT2D eigenvalue weighted by atomic mass is 16.8. The molecule has 92 heavy (non-hydrogen) atoms. The molecule has 33 atom stereocenters. The first-order valence-corrected chi connectivity index (χ1v) is 32.6. The van der Waals surface area contributed by atoms with Gasteiger partial charge in [0.1, 0.15) is 79.4 Å². The Balaban J connectivity index is 0.951. The van der Waals surface area contributed by atoms with Crippen LogP contribution in [0.25, 0.3) is 0 Å². The minimum atomic E-state index is -2.29. The van der Waals surface area contributed by atoms with Gasteiger partial charge < -0.3 is 128 Å². The van der Waals surface area contributed by atoms with Crippen LogP contribution in [0, 0.1) is 50.2 Å². The second kappa shape index (κ2) is 25.8. The average molecular weight is 1320 g/mol. The molecule has 0 aromatic heterocycles. The fourth-order valence-corrected chi connectivity index (χ4v) is 18.5. The second-order valence-electron chi connectivity index (χ2n) is 30.5. The van der Waals surface area contributed by atoms with Crippen molar-refractivity contribution in [1.82, 2.24) is 0 Å². The Morgan fingerprint density at radius 3 is 1.90 bits per heavy atom. The molecule has 0 unspecified atom stereocenters. The first kappa shape index (κ1) is 70.5. The van der Waals surface area contributed by atoms with Gasteiger partial charge in [-0.05, 0) is 111 Å². The topological polar surface area (TPSA) is 445 Å². The number of esters is 3. The summed E-state index contributed by atoms with van der Waals surface area (Å²) in [5.74, 6) is -3.90. The van der Waals surface area contributed by atoms with Crippen LogP contribution in [0.4, 0.5) is 0 Å². The van der Waals surface area contributed by atoms with Crippen molar-refractivity contribution in [2.75, 3.05) is 33.0 Å². The lowest BCUT2D eigenvalue weighted by Crippen LogP contribution is -2.70. The number of allylic oxidation sites excluding steroid dienone is 2. The molecule has 0 aromatic carbocycles. The van der Waals surface area contributed by atoms with Gasteiger partial charge in [-0.3, -0.25) is 14.4 Å². The molecule has 0 amide bonds. The summed E-state index contributed by atoms with van der Waals surface area (Å²) in [4.78, 5) is 43.1. The Hall–Kier alpha value is -2.77. The fraction of sp³-hybridized carbons (Fsp3) is 0.921. The van der Waals surface area contributed by atoms with Gasteiger partial charge >= 0.3 is 17.9 Å². The van der Waals surface area contributed by atoms with Crippen LogP contribution in [0.2, 0.25) is 0 Å². The Morgan fingerprint density at radius 2 is 1.21 bits per heavy atom. The molecule has 524 valence electrons. The molecule has 4 saturated carbocycles. The zero-order valence-electron chi connectivity index (χ0n) is 53.4. The Morgan fingerprint density at radius 1 is 0.565 bits per heavy atom. The van der Waals surface area contributed by atoms with E-state index in [1.165, 1.54) is 6.92 Å². The van der Waals surface area contributed by atoms with E-state index in [0.29, 0.717) is 51.4 Å². The first-order valence-electron chi connectivity index (χ1n) is 32.6. The zero-order chi connectivity index (χ0) is 66.9. The van der Waals surface area contributed by atoms with E-state index in [2.05, 4.69) is 40.7 Å². The van der Waals surface area contributed by atoms with Gasteiger partial charge in [-0.1, -0.05) is 53.2 Å². The maximum atomic E-state index is 15.6. The normalized spacial score (nSPS) is 54.4. The number of hydrogen-bond acceptors (Lipinski definition) is 29. The Bertz CT molecular complexity index is 2700. The van der Waals surface area contributed by atoms with E-state index < -0.39 is 244 Å². The molecule has 12 aliphatic heterocycles. The number of aliphatic hydroxyl groups excluding tert-OH is 13. The summed E-state index contributed by atoms with van der Waals surface area (Å²) in [7, 11) is 0. The van der Waals surface area contributed by atoms with E-state index in [4.69, 9.17) is 56.8 Å². The van der Waals surface area contributed by atoms with E-state index >= 15 is 4.79 Å². The summed E-state index contributed by atoms with van der Waals surface area (Å²) in [6.07, 6.45) is -36.9. The molecule has 12 heterocycles. The molecule has 5 aliphatic carbocycles. The third kappa shape index (κ3) is 12.1. The maximum Gasteiger partial charge on any atom is 0.315 e. The quantitative estimate of drug-likeness (QED) is 0.0590. The van der Waals surface area contributed by atoms with E-state index in [9.17, 15) is 81.1 Å². The fourth-order valence-electron chi connectivity index (χ4n) is 18.5. The number of carbonyl (C=O) groups is 3. The van der Waals surface area contributed by atoms with Crippen LogP contribution in [-0.4, -0.2) is 275 Å². The molecule has 17 aliphatic rings. The molecular weight excluding hydrogens is 1220 g/mol. The highest BCUT2D eigenvalue weighted by Crippen LogP contribution is 2.76. The number of hydrogen-bond donors (Lipinski definition) is 14. The van der Waals surface area contributed by atoms with Crippen LogP contribution in [-0.2, 0) is 71.2 Å². The Kier molecular flexibility index (Phi) is 19.8. The first-order chi connectivity index (χ1) is 43.1. The standard InChI is InChI=1S/C63H98O29/c1-26-46-47(88-51-43(76)38(71)30(67)22-81-51)45(78)53(84-26)90-48-39(72)31(68)23-82-54(48)92-56(79)63-15-13-57(2,3)17-28(63)27-9-10-35-59(5)18-29(66)50(60(6,25-65)34(59)11-12-62(35,8)61(27,7)14-16-63)91-55-49(42(75)40(73)32(21-64)86-55)89-52-44(77)41(74)33(24-83-52)85-36(69)19-58(4,80)20-37(70)87-46/h9,26,28-35,38-55,64-68,71-78,80H,10-25H2,1-8H3/t26-,28-,29-,30+,31-,32+,33-,34+,35+,38-,39-,40+,41-,42-,43+,44+,45+,46-,47-,48+,49+,50-,51-,52+,53+,54+,55-,58-,59-,60-,61+,62+,63-/m0/s1. The van der Waals surface area contributed by atoms with Gasteiger partial charge in [0.25, 0.3) is 0 Å². The lowest BCUT2D eigenvalue weighted by Gasteiger charge is -2.72. The maximum absolute atomic E-state index is 15.6. The summed E-state index contributed by atoms with van der Waals surface area (Å²) < 4.78 is 72.3. The Labute approximate surface area is 533 Å². The van der Waals surface area contributed by atoms with Gasteiger partial charge in [0.15, 0.2) is 43.5 Å². The average Bonchev–Trinajstić information content (AvgIpc) is 0.674. The molecule has 14 N–H and O–H groups in total. The summed E-state index contributed by atoms with van der Waals surface area (Å²) in [5.41, 5.74) is -5.49. The van der Waals surface area contributed by atoms with Crippen LogP contribution in [0.1, 0.15) is 126 Å². The van der Waals surface area contributed by atoms with Gasteiger partial charge in [-0.2, -0.15) is 0 Å². The van der Waals surface area contributed by atoms with Crippen LogP contribution in [0.5, 0.6) is 0 Å². The van der Waals surface area contributed by atoms with Crippen LogP contribution in [0.3, 0.4) is 0 Å². The molecule has 29 nitrogen and oxygen atoms in total. The van der Waals surface area contributed by atoms with Gasteiger partial charge in [0.05, 0.1) is 75.2 Å². The summed E-state index contributed by atoms with van der Waals surface area (Å²) in [6.45, 7) is 12.2. The summed E-state index contributed by atoms with van der Waals surface area (Å²) in [6, 6.07) is 0. The molecule has 8 saturated heterocycles. The van der Waals surface area contributed by atoms with Crippen LogP contribution >= 0.6 is 0 Å². The zero-order valence-corrected chi connectivity index (χ0v) is 53.4. The van der Waals surface area contributed by atoms with Crippen molar-refractivity contribution in [3.63, 3.8) is 0 Å². The van der Waals surface area contributed by atoms with Crippen molar-refractivity contribution in [2.45, 2.75) is 279 Å². The van der Waals surface area contributed by atoms with Gasteiger partial charge in [0.2, 0.25) is 6.29 Å². The van der Waals surface area contributed by atoms with Crippen molar-refractivity contribution in [1.29, 1.82) is 0 Å². The highest BCUT2D eigenvalue weighted by Gasteiger charge is 2.72. The SMILES string of the molecule is C[C@@H]1O[C@@H]2O[C@H]3[C@H](OC[C@H](O)[C@@H]3O)OC(=O)[C@]34CCC(C)(C)C[C@H]3C3=CC[C@@H]5[C@@]6(C)C[C@H](O)[C@H](O[C@@H]7O[C@H](CO)[C@@H](O)[C@H](O)[C@H]7O[C@H]7OC[C@H](OC(=O)C[C@](C)(O)CC(=O)O[C@@H]1[C@@H](O[C@@H]1OC[C@@H](O)[C@H](O)[C@H]1O)[C@H]2O)[C@H](O)[C@H]7O)[C@@](C)(CO)[C@@H]6CC[C@@]5(C)[C@]3(C)CC4. The lowest BCUT2D eigenvalue weighted by atomic mass is 9.33. The highest BCUT2D eigenvalue weighted by molar-refractivity contribution is 5.79. The monoisotopic (exact) mass is 1320 g/mol. The second-order valence-corrected chi connectivity index (χ2v) is 30.5. The third-order valence-electron chi connectivity index (χ3n) is 24.0. The van der Waals surface area contributed by atoms with E-state index in [0.717, 1.165) is 12.5 Å². The van der Waals surface area contributed by atoms with E-state index in [1.807, 2.05) is 6.92 Å². The van der Waals surface area contributed by atoms with Crippen molar-refractivity contribution in [2.24, 2.45) is 50.2 Å². The van der Waals surface area contributed by atoms with E-state index in [-0.39, 0.29) is 29.6 Å². The molecule has 0 radical (unpaired) electrons. The number of rotatable bonds is 4. The smallest absolute Gasteiger partial charge is 0.315 e. The van der Waals surface area contributed by atoms with Gasteiger partial charge in [-0.25, -0.2) is 0 Å². The van der Waals surface area contributed by atoms with E-state index in [1.54, 1.807) is 0 Å². The van der Waals surface area contributed by atoms with Crippen LogP contribution < -0.4 is 0 Å². The largest absolute Gasteiger partial charge is 0.457 e. The molecule has 12 bridgehead atoms. The van der Waals surface area contributed by atoms with Crippen molar-refractivity contribution in [3.05, 3.63) is 11.6 Å². The minimum absolute atomic E-state index is 0.109. The van der Waals surface area contributed by atoms with Crippen molar-refractivity contribution < 1.29 is 143 Å². The minimum Gasteiger partial charge on any atom is -0.457 e. The summed E-state index contributed by atoms with van der Waals surface area (Å²) in [5, 5.41) is 159. The van der Waals surface area contributed by atoms with Gasteiger partial charge in [0, 0.05) is 5.41 Å². The lowest BCUT2D eigenvalue weighted by molar-refractivity contribution is -0.377.